The van der Waals surface area contributed by atoms with Crippen LogP contribution in [0.3, 0.4) is 0 Å². The Morgan fingerprint density at radius 3 is 2.37 bits per heavy atom. The maximum absolute atomic E-state index is 12.8. The molecule has 0 aliphatic carbocycles. The monoisotopic (exact) mass is 528 g/mol. The Kier molecular flexibility index (Phi) is 8.00. The van der Waals surface area contributed by atoms with E-state index in [0.29, 0.717) is 34.1 Å². The van der Waals surface area contributed by atoms with Gasteiger partial charge in [0.05, 0.1) is 28.6 Å². The second-order valence-corrected chi connectivity index (χ2v) is 9.71. The molecule has 0 bridgehead atoms. The number of benzene rings is 3. The zero-order valence-corrected chi connectivity index (χ0v) is 21.1. The molecule has 2 amide bonds. The molecular formula is C26H22Cl2N2O4S. The van der Waals surface area contributed by atoms with Crippen molar-refractivity contribution in [2.24, 2.45) is 0 Å². The Morgan fingerprint density at radius 2 is 1.71 bits per heavy atom. The number of rotatable bonds is 7. The first-order chi connectivity index (χ1) is 16.9. The van der Waals surface area contributed by atoms with Gasteiger partial charge in [0.25, 0.3) is 5.91 Å². The Morgan fingerprint density at radius 1 is 1.03 bits per heavy atom. The summed E-state index contributed by atoms with van der Waals surface area (Å²) in [7, 11) is 0. The fraction of sp³-hybridized carbons (Fsp3) is 0.192. The van der Waals surface area contributed by atoms with Crippen LogP contribution in [0.2, 0.25) is 10.0 Å². The van der Waals surface area contributed by atoms with Crippen LogP contribution in [0, 0.1) is 0 Å². The first-order valence-corrected chi connectivity index (χ1v) is 12.7. The Bertz CT molecular complexity index is 1250. The van der Waals surface area contributed by atoms with Crippen LogP contribution >= 0.6 is 35.0 Å². The summed E-state index contributed by atoms with van der Waals surface area (Å²) in [6, 6.07) is 19.2. The topological polar surface area (TPSA) is 75.7 Å². The van der Waals surface area contributed by atoms with Gasteiger partial charge in [0.1, 0.15) is 5.37 Å². The number of hydrogen-bond donors (Lipinski definition) is 1. The number of nitrogens with zero attached hydrogens (tertiary/aromatic N) is 1. The number of carbonyl (C=O) groups excluding carboxylic acids is 3. The van der Waals surface area contributed by atoms with Crippen molar-refractivity contribution in [3.8, 4) is 0 Å². The molecule has 9 heteroatoms. The normalized spacial score (nSPS) is 15.2. The van der Waals surface area contributed by atoms with Gasteiger partial charge in [0, 0.05) is 17.1 Å². The lowest BCUT2D eigenvalue weighted by Crippen LogP contribution is -2.27. The van der Waals surface area contributed by atoms with Gasteiger partial charge in [-0.3, -0.25) is 9.59 Å². The fourth-order valence-corrected chi connectivity index (χ4v) is 5.18. The van der Waals surface area contributed by atoms with Crippen LogP contribution in [0.5, 0.6) is 0 Å². The Labute approximate surface area is 217 Å². The van der Waals surface area contributed by atoms with Gasteiger partial charge in [-0.1, -0.05) is 47.5 Å². The first-order valence-electron chi connectivity index (χ1n) is 10.9. The van der Waals surface area contributed by atoms with E-state index in [0.717, 1.165) is 11.1 Å². The molecule has 1 aliphatic rings. The van der Waals surface area contributed by atoms with Crippen LogP contribution in [0.25, 0.3) is 0 Å². The summed E-state index contributed by atoms with van der Waals surface area (Å²) >= 11 is 13.8. The van der Waals surface area contributed by atoms with Crippen molar-refractivity contribution in [3.63, 3.8) is 0 Å². The van der Waals surface area contributed by atoms with Gasteiger partial charge in [-0.25, -0.2) is 4.79 Å². The van der Waals surface area contributed by atoms with E-state index in [-0.39, 0.29) is 28.8 Å². The van der Waals surface area contributed by atoms with Crippen LogP contribution in [0.4, 0.5) is 5.69 Å². The van der Waals surface area contributed by atoms with Crippen molar-refractivity contribution in [3.05, 3.63) is 99.0 Å². The number of esters is 1. The van der Waals surface area contributed by atoms with E-state index in [1.807, 2.05) is 41.3 Å². The van der Waals surface area contributed by atoms with Crippen molar-refractivity contribution < 1.29 is 19.1 Å². The molecule has 4 rings (SSSR count). The molecule has 0 radical (unpaired) electrons. The van der Waals surface area contributed by atoms with Crippen molar-refractivity contribution in [1.82, 2.24) is 4.90 Å². The minimum Gasteiger partial charge on any atom is -0.462 e. The molecule has 6 nitrogen and oxygen atoms in total. The zero-order valence-electron chi connectivity index (χ0n) is 18.8. The highest BCUT2D eigenvalue weighted by Crippen LogP contribution is 2.39. The third-order valence-electron chi connectivity index (χ3n) is 5.42. The van der Waals surface area contributed by atoms with Gasteiger partial charge in [-0.05, 0) is 60.5 Å². The minimum atomic E-state index is -0.476. The fourth-order valence-electron chi connectivity index (χ4n) is 3.64. The molecule has 0 aromatic heterocycles. The molecule has 35 heavy (non-hydrogen) atoms. The van der Waals surface area contributed by atoms with E-state index in [1.54, 1.807) is 43.0 Å². The molecule has 0 spiro atoms. The lowest BCUT2D eigenvalue weighted by molar-refractivity contribution is -0.128. The molecule has 1 atom stereocenters. The second kappa shape index (κ2) is 11.2. The summed E-state index contributed by atoms with van der Waals surface area (Å²) < 4.78 is 4.96. The van der Waals surface area contributed by atoms with Crippen molar-refractivity contribution in [2.75, 3.05) is 17.7 Å². The first kappa shape index (κ1) is 25.1. The molecular weight excluding hydrogens is 507 g/mol. The summed E-state index contributed by atoms with van der Waals surface area (Å²) in [6.07, 6.45) is 0. The van der Waals surface area contributed by atoms with E-state index in [2.05, 4.69) is 5.32 Å². The maximum Gasteiger partial charge on any atom is 0.338 e. The van der Waals surface area contributed by atoms with E-state index < -0.39 is 5.97 Å². The number of anilines is 1. The number of amides is 2. The maximum atomic E-state index is 12.8. The quantitative estimate of drug-likeness (QED) is 0.369. The standard InChI is InChI=1S/C26H22Cl2N2O4S/c1-2-34-26(33)19-9-12-22(21(28)13-19)29-24(32)17-5-7-18(8-6-17)25-30(23(31)15-35-25)14-16-3-10-20(27)11-4-16/h3-13,25H,2,14-15H2,1H3,(H,29,32). The van der Waals surface area contributed by atoms with Gasteiger partial charge in [-0.2, -0.15) is 0 Å². The van der Waals surface area contributed by atoms with E-state index in [9.17, 15) is 14.4 Å². The van der Waals surface area contributed by atoms with Gasteiger partial charge >= 0.3 is 5.97 Å². The summed E-state index contributed by atoms with van der Waals surface area (Å²) in [5, 5.41) is 3.51. The molecule has 1 fully saturated rings. The zero-order chi connectivity index (χ0) is 24.9. The number of hydrogen-bond acceptors (Lipinski definition) is 5. The van der Waals surface area contributed by atoms with E-state index in [1.165, 1.54) is 6.07 Å². The van der Waals surface area contributed by atoms with Crippen LogP contribution < -0.4 is 5.32 Å². The molecule has 1 aliphatic heterocycles. The molecule has 1 saturated heterocycles. The number of nitrogens with one attached hydrogen (secondary N) is 1. The highest BCUT2D eigenvalue weighted by atomic mass is 35.5. The van der Waals surface area contributed by atoms with Gasteiger partial charge in [-0.15, -0.1) is 11.8 Å². The number of halogens is 2. The van der Waals surface area contributed by atoms with Crippen LogP contribution in [0.1, 0.15) is 44.1 Å². The summed E-state index contributed by atoms with van der Waals surface area (Å²) in [4.78, 5) is 39.0. The molecule has 1 N–H and O–H groups in total. The summed E-state index contributed by atoms with van der Waals surface area (Å²) in [6.45, 7) is 2.47. The molecule has 1 heterocycles. The molecule has 1 unspecified atom stereocenters. The molecule has 3 aromatic rings. The van der Waals surface area contributed by atoms with E-state index >= 15 is 0 Å². The average Bonchev–Trinajstić information content (AvgIpc) is 3.21. The smallest absolute Gasteiger partial charge is 0.338 e. The highest BCUT2D eigenvalue weighted by Gasteiger charge is 2.32. The SMILES string of the molecule is CCOC(=O)c1ccc(NC(=O)c2ccc(C3SCC(=O)N3Cc3ccc(Cl)cc3)cc2)c(Cl)c1. The second-order valence-electron chi connectivity index (χ2n) is 7.80. The van der Waals surface area contributed by atoms with Crippen molar-refractivity contribution in [2.45, 2.75) is 18.8 Å². The van der Waals surface area contributed by atoms with Gasteiger partial charge < -0.3 is 15.0 Å². The summed E-state index contributed by atoms with van der Waals surface area (Å²) in [5.41, 5.74) is 3.07. The van der Waals surface area contributed by atoms with Gasteiger partial charge in [0.2, 0.25) is 5.91 Å². The van der Waals surface area contributed by atoms with Crippen molar-refractivity contribution in [1.29, 1.82) is 0 Å². The Hall–Kier alpha value is -3.00. The average molecular weight is 529 g/mol. The minimum absolute atomic E-state index is 0.0673. The number of carbonyl (C=O) groups is 3. The van der Waals surface area contributed by atoms with Gasteiger partial charge in [0.15, 0.2) is 0 Å². The van der Waals surface area contributed by atoms with Crippen LogP contribution in [-0.4, -0.2) is 35.0 Å². The Balaban J connectivity index is 1.44. The lowest BCUT2D eigenvalue weighted by atomic mass is 10.1. The molecule has 3 aromatic carbocycles. The number of ether oxygens (including phenoxy) is 1. The predicted octanol–water partition coefficient (Wildman–Crippen LogP) is 6.20. The van der Waals surface area contributed by atoms with Crippen LogP contribution in [0.15, 0.2) is 66.7 Å². The molecule has 0 saturated carbocycles. The lowest BCUT2D eigenvalue weighted by Gasteiger charge is -2.24. The largest absolute Gasteiger partial charge is 0.462 e. The number of thioether (sulfide) groups is 1. The molecule has 180 valence electrons. The van der Waals surface area contributed by atoms with Crippen LogP contribution in [-0.2, 0) is 16.1 Å². The van der Waals surface area contributed by atoms with E-state index in [4.69, 9.17) is 27.9 Å². The summed E-state index contributed by atoms with van der Waals surface area (Å²) in [5.74, 6) is -0.342. The third kappa shape index (κ3) is 5.99. The highest BCUT2D eigenvalue weighted by molar-refractivity contribution is 8.00. The predicted molar refractivity (Wildman–Crippen MR) is 139 cm³/mol. The van der Waals surface area contributed by atoms with Crippen molar-refractivity contribution >= 4 is 58.4 Å². The third-order valence-corrected chi connectivity index (χ3v) is 7.24.